The first kappa shape index (κ1) is 7.35. The highest BCUT2D eigenvalue weighted by molar-refractivity contribution is 14.1. The number of halogens is 2. The molecule has 0 nitrogen and oxygen atoms in total. The first-order chi connectivity index (χ1) is 4.33. The Morgan fingerprint density at radius 1 is 1.22 bits per heavy atom. The topological polar surface area (TPSA) is 0 Å². The van der Waals surface area contributed by atoms with Crippen LogP contribution in [-0.4, -0.2) is 0 Å². The molecule has 0 atom stereocenters. The van der Waals surface area contributed by atoms with Crippen LogP contribution in [0.15, 0.2) is 24.3 Å². The van der Waals surface area contributed by atoms with Gasteiger partial charge in [0.1, 0.15) is 0 Å². The van der Waals surface area contributed by atoms with Crippen molar-refractivity contribution in [3.05, 3.63) is 34.9 Å². The smallest absolute Gasteiger partial charge is 0.0406 e. The molecule has 0 saturated carbocycles. The van der Waals surface area contributed by atoms with Crippen molar-refractivity contribution in [2.75, 3.05) is 0 Å². The zero-order valence-electron chi connectivity index (χ0n) is 4.77. The Hall–Kier alpha value is 0.240. The molecule has 0 heterocycles. The van der Waals surface area contributed by atoms with E-state index in [-0.39, 0.29) is 0 Å². The third-order valence-corrected chi connectivity index (χ3v) is 2.20. The maximum Gasteiger partial charge on any atom is 0.0406 e. The van der Waals surface area contributed by atoms with Crippen molar-refractivity contribution >= 4 is 34.2 Å². The average Bonchev–Trinajstić information content (AvgIpc) is 1.90. The Balaban J connectivity index is 2.88. The van der Waals surface area contributed by atoms with Crippen molar-refractivity contribution in [3.8, 4) is 0 Å². The van der Waals surface area contributed by atoms with E-state index >= 15 is 0 Å². The minimum absolute atomic E-state index is 0.809. The maximum absolute atomic E-state index is 5.67. The van der Waals surface area contributed by atoms with Crippen LogP contribution in [0.3, 0.4) is 0 Å². The number of alkyl halides is 1. The Kier molecular flexibility index (Phi) is 2.79. The third kappa shape index (κ3) is 2.14. The second-order valence-corrected chi connectivity index (χ2v) is 2.96. The lowest BCUT2D eigenvalue weighted by Crippen LogP contribution is -1.72. The standard InChI is InChI=1S/C7H6ClI/c8-7-3-1-6(5-9)2-4-7/h1-4H,5H2/i5-1. The van der Waals surface area contributed by atoms with Crippen molar-refractivity contribution in [3.63, 3.8) is 0 Å². The molecule has 9 heavy (non-hydrogen) atoms. The molecule has 48 valence electrons. The largest absolute Gasteiger partial charge is 0.0843 e. The third-order valence-electron chi connectivity index (χ3n) is 1.07. The molecule has 0 spiro atoms. The summed E-state index contributed by atoms with van der Waals surface area (Å²) in [7, 11) is 0. The SMILES string of the molecule is Clc1ccc([11CH2]I)cc1. The van der Waals surface area contributed by atoms with Crippen LogP contribution in [0.25, 0.3) is 0 Å². The molecule has 0 aromatic heterocycles. The molecule has 0 amide bonds. The van der Waals surface area contributed by atoms with Gasteiger partial charge < -0.3 is 0 Å². The second-order valence-electron chi connectivity index (χ2n) is 1.76. The summed E-state index contributed by atoms with van der Waals surface area (Å²) < 4.78 is 1.05. The van der Waals surface area contributed by atoms with Gasteiger partial charge in [-0.2, -0.15) is 0 Å². The molecular formula is C7H6ClI. The van der Waals surface area contributed by atoms with E-state index in [1.807, 2.05) is 24.3 Å². The van der Waals surface area contributed by atoms with Crippen LogP contribution >= 0.6 is 34.2 Å². The first-order valence-electron chi connectivity index (χ1n) is 2.63. The fourth-order valence-corrected chi connectivity index (χ4v) is 1.21. The lowest BCUT2D eigenvalue weighted by Gasteiger charge is -1.92. The predicted octanol–water partition coefficient (Wildman–Crippen LogP) is 3.28. The van der Waals surface area contributed by atoms with Gasteiger partial charge in [0, 0.05) is 9.45 Å². The summed E-state index contributed by atoms with van der Waals surface area (Å²) in [6.45, 7) is 0. The van der Waals surface area contributed by atoms with Crippen LogP contribution in [0, 0.1) is 0 Å². The second kappa shape index (κ2) is 3.42. The minimum Gasteiger partial charge on any atom is -0.0843 e. The van der Waals surface area contributed by atoms with E-state index in [4.69, 9.17) is 11.6 Å². The Morgan fingerprint density at radius 2 is 1.78 bits per heavy atom. The average molecular weight is 251 g/mol. The Morgan fingerprint density at radius 3 is 2.22 bits per heavy atom. The van der Waals surface area contributed by atoms with E-state index in [0.717, 1.165) is 9.45 Å². The maximum atomic E-state index is 5.67. The summed E-state index contributed by atoms with van der Waals surface area (Å²) >= 11 is 7.99. The zero-order chi connectivity index (χ0) is 6.69. The van der Waals surface area contributed by atoms with Crippen LogP contribution < -0.4 is 0 Å². The van der Waals surface area contributed by atoms with Gasteiger partial charge in [-0.05, 0) is 17.7 Å². The first-order valence-corrected chi connectivity index (χ1v) is 4.53. The molecule has 0 aliphatic heterocycles. The van der Waals surface area contributed by atoms with Crippen molar-refractivity contribution < 1.29 is 0 Å². The van der Waals surface area contributed by atoms with Crippen LogP contribution in [0.2, 0.25) is 5.02 Å². The molecule has 0 saturated heterocycles. The van der Waals surface area contributed by atoms with E-state index in [9.17, 15) is 0 Å². The van der Waals surface area contributed by atoms with Crippen molar-refractivity contribution in [2.24, 2.45) is 0 Å². The quantitative estimate of drug-likeness (QED) is 0.531. The molecule has 0 aliphatic rings. The van der Waals surface area contributed by atoms with Gasteiger partial charge in [0.25, 0.3) is 0 Å². The fourth-order valence-electron chi connectivity index (χ4n) is 0.573. The molecule has 0 radical (unpaired) electrons. The summed E-state index contributed by atoms with van der Waals surface area (Å²) in [5.41, 5.74) is 1.32. The molecule has 2 heteroatoms. The summed E-state index contributed by atoms with van der Waals surface area (Å²) in [5, 5.41) is 0.809. The lowest BCUT2D eigenvalue weighted by atomic mass is 10.0. The molecule has 1 rings (SSSR count). The molecule has 0 fully saturated rings. The highest BCUT2D eigenvalue weighted by Gasteiger charge is 1.87. The van der Waals surface area contributed by atoms with E-state index in [0.29, 0.717) is 0 Å². The summed E-state index contributed by atoms with van der Waals surface area (Å²) in [6, 6.07) is 7.90. The number of benzene rings is 1. The van der Waals surface area contributed by atoms with Crippen molar-refractivity contribution in [2.45, 2.75) is 4.43 Å². The molecule has 0 bridgehead atoms. The van der Waals surface area contributed by atoms with Gasteiger partial charge >= 0.3 is 0 Å². The molecule has 0 unspecified atom stereocenters. The highest BCUT2D eigenvalue weighted by atomic mass is 127. The minimum atomic E-state index is 0.809. The Bertz CT molecular complexity index is 181. The van der Waals surface area contributed by atoms with Crippen LogP contribution in [-0.2, 0) is 4.43 Å². The van der Waals surface area contributed by atoms with Crippen molar-refractivity contribution in [1.82, 2.24) is 0 Å². The van der Waals surface area contributed by atoms with E-state index < -0.39 is 0 Å². The zero-order valence-corrected chi connectivity index (χ0v) is 7.69. The van der Waals surface area contributed by atoms with Gasteiger partial charge in [0.15, 0.2) is 0 Å². The van der Waals surface area contributed by atoms with E-state index in [1.54, 1.807) is 0 Å². The van der Waals surface area contributed by atoms with Gasteiger partial charge in [-0.25, -0.2) is 0 Å². The molecule has 0 N–H and O–H groups in total. The van der Waals surface area contributed by atoms with Gasteiger partial charge in [0.05, 0.1) is 0 Å². The van der Waals surface area contributed by atoms with Crippen LogP contribution in [0.1, 0.15) is 5.56 Å². The normalized spacial score (nSPS) is 9.56. The Labute approximate surface area is 73.4 Å². The number of hydrogen-bond acceptors (Lipinski definition) is 0. The highest BCUT2D eigenvalue weighted by Crippen LogP contribution is 2.11. The molecule has 0 aliphatic carbocycles. The number of hydrogen-bond donors (Lipinski definition) is 0. The fraction of sp³-hybridized carbons (Fsp3) is 0.143. The lowest BCUT2D eigenvalue weighted by molar-refractivity contribution is 1.46. The van der Waals surface area contributed by atoms with Crippen molar-refractivity contribution in [1.29, 1.82) is 0 Å². The number of rotatable bonds is 1. The van der Waals surface area contributed by atoms with Crippen LogP contribution in [0.5, 0.6) is 0 Å². The van der Waals surface area contributed by atoms with E-state index in [1.165, 1.54) is 5.56 Å². The molecule has 1 aromatic carbocycles. The monoisotopic (exact) mass is 251 g/mol. The predicted molar refractivity (Wildman–Crippen MR) is 49.2 cm³/mol. The van der Waals surface area contributed by atoms with Gasteiger partial charge in [-0.1, -0.05) is 46.3 Å². The van der Waals surface area contributed by atoms with Gasteiger partial charge in [-0.15, -0.1) is 0 Å². The summed E-state index contributed by atoms with van der Waals surface area (Å²) in [6.07, 6.45) is 0. The van der Waals surface area contributed by atoms with Crippen LogP contribution in [0.4, 0.5) is 0 Å². The molecular weight excluding hydrogens is 245 g/mol. The molecule has 1 aromatic rings. The summed E-state index contributed by atoms with van der Waals surface area (Å²) in [4.78, 5) is 0. The van der Waals surface area contributed by atoms with E-state index in [2.05, 4.69) is 22.6 Å². The summed E-state index contributed by atoms with van der Waals surface area (Å²) in [5.74, 6) is 0. The van der Waals surface area contributed by atoms with Gasteiger partial charge in [0.2, 0.25) is 0 Å². The van der Waals surface area contributed by atoms with Gasteiger partial charge in [-0.3, -0.25) is 0 Å².